The number of benzene rings is 2. The zero-order valence-electron chi connectivity index (χ0n) is 13.9. The SMILES string of the molecule is CSc1nnc2c(n1)OC(/C=C/c1ccccc1)Nc1ccc(Cl)cc1-2. The molecule has 0 spiro atoms. The van der Waals surface area contributed by atoms with Crippen LogP contribution in [-0.2, 0) is 0 Å². The normalized spacial score (nSPS) is 15.5. The van der Waals surface area contributed by atoms with Crippen LogP contribution < -0.4 is 10.1 Å². The number of ether oxygens (including phenoxy) is 1. The van der Waals surface area contributed by atoms with E-state index in [4.69, 9.17) is 16.3 Å². The largest absolute Gasteiger partial charge is 0.448 e. The predicted octanol–water partition coefficient (Wildman–Crippen LogP) is 4.76. The maximum Gasteiger partial charge on any atom is 0.247 e. The molecule has 0 radical (unpaired) electrons. The number of fused-ring (bicyclic) bond motifs is 3. The average Bonchev–Trinajstić information content (AvgIpc) is 2.83. The standard InChI is InChI=1S/C19H15ClN4OS/c1-26-19-22-18-17(23-24-19)14-11-13(20)8-9-15(14)21-16(25-18)10-7-12-5-3-2-4-6-12/h2-11,16,21H,1H3/b10-7+. The molecule has 0 bridgehead atoms. The summed E-state index contributed by atoms with van der Waals surface area (Å²) in [6.45, 7) is 0. The zero-order valence-corrected chi connectivity index (χ0v) is 15.5. The molecule has 7 heteroatoms. The molecule has 130 valence electrons. The molecule has 1 N–H and O–H groups in total. The Bertz CT molecular complexity index is 965. The molecule has 0 fully saturated rings. The van der Waals surface area contributed by atoms with Gasteiger partial charge in [-0.2, -0.15) is 4.98 Å². The molecular formula is C19H15ClN4OS. The Kier molecular flexibility index (Phi) is 4.77. The van der Waals surface area contributed by atoms with E-state index in [1.54, 1.807) is 0 Å². The third kappa shape index (κ3) is 3.52. The van der Waals surface area contributed by atoms with Gasteiger partial charge in [0.15, 0.2) is 11.9 Å². The van der Waals surface area contributed by atoms with Crippen molar-refractivity contribution in [3.05, 3.63) is 65.2 Å². The fraction of sp³-hybridized carbons (Fsp3) is 0.105. The van der Waals surface area contributed by atoms with Crippen LogP contribution in [0.4, 0.5) is 5.69 Å². The van der Waals surface area contributed by atoms with Gasteiger partial charge in [-0.25, -0.2) is 0 Å². The van der Waals surface area contributed by atoms with E-state index in [1.165, 1.54) is 11.8 Å². The molecule has 2 aromatic carbocycles. The first kappa shape index (κ1) is 16.9. The van der Waals surface area contributed by atoms with Crippen LogP contribution in [-0.4, -0.2) is 27.7 Å². The van der Waals surface area contributed by atoms with Gasteiger partial charge in [-0.05, 0) is 36.1 Å². The van der Waals surface area contributed by atoms with E-state index in [1.807, 2.05) is 66.9 Å². The second-order valence-electron chi connectivity index (χ2n) is 5.59. The summed E-state index contributed by atoms with van der Waals surface area (Å²) < 4.78 is 6.08. The molecule has 1 aliphatic rings. The number of nitrogens with one attached hydrogen (secondary N) is 1. The van der Waals surface area contributed by atoms with Gasteiger partial charge in [-0.15, -0.1) is 10.2 Å². The van der Waals surface area contributed by atoms with Gasteiger partial charge in [-0.3, -0.25) is 0 Å². The molecule has 5 nitrogen and oxygen atoms in total. The van der Waals surface area contributed by atoms with Crippen molar-refractivity contribution in [1.29, 1.82) is 0 Å². The summed E-state index contributed by atoms with van der Waals surface area (Å²) in [4.78, 5) is 4.48. The minimum Gasteiger partial charge on any atom is -0.448 e. The van der Waals surface area contributed by atoms with E-state index >= 15 is 0 Å². The first-order valence-electron chi connectivity index (χ1n) is 7.98. The molecule has 0 saturated heterocycles. The van der Waals surface area contributed by atoms with E-state index < -0.39 is 6.23 Å². The Hall–Kier alpha value is -2.57. The summed E-state index contributed by atoms with van der Waals surface area (Å²) in [6.07, 6.45) is 5.45. The lowest BCUT2D eigenvalue weighted by Gasteiger charge is -2.15. The Morgan fingerprint density at radius 3 is 2.81 bits per heavy atom. The van der Waals surface area contributed by atoms with Crippen LogP contribution in [0.3, 0.4) is 0 Å². The van der Waals surface area contributed by atoms with Crippen molar-refractivity contribution in [3.8, 4) is 17.1 Å². The number of aromatic nitrogens is 3. The van der Waals surface area contributed by atoms with Crippen LogP contribution in [0, 0.1) is 0 Å². The minimum atomic E-state index is -0.400. The van der Waals surface area contributed by atoms with Gasteiger partial charge in [-0.1, -0.05) is 59.8 Å². The first-order valence-corrected chi connectivity index (χ1v) is 9.58. The number of hydrogen-bond acceptors (Lipinski definition) is 6. The highest BCUT2D eigenvalue weighted by Gasteiger charge is 2.24. The van der Waals surface area contributed by atoms with Gasteiger partial charge < -0.3 is 10.1 Å². The van der Waals surface area contributed by atoms with Crippen molar-refractivity contribution in [2.45, 2.75) is 11.4 Å². The monoisotopic (exact) mass is 382 g/mol. The van der Waals surface area contributed by atoms with Gasteiger partial charge in [0, 0.05) is 16.3 Å². The predicted molar refractivity (Wildman–Crippen MR) is 106 cm³/mol. The van der Waals surface area contributed by atoms with E-state index in [0.29, 0.717) is 21.8 Å². The molecule has 1 atom stereocenters. The van der Waals surface area contributed by atoms with Crippen LogP contribution >= 0.6 is 23.4 Å². The fourth-order valence-electron chi connectivity index (χ4n) is 2.63. The summed E-state index contributed by atoms with van der Waals surface area (Å²) >= 11 is 7.59. The van der Waals surface area contributed by atoms with Crippen molar-refractivity contribution in [2.75, 3.05) is 11.6 Å². The van der Waals surface area contributed by atoms with E-state index in [2.05, 4.69) is 20.5 Å². The van der Waals surface area contributed by atoms with Gasteiger partial charge in [0.25, 0.3) is 0 Å². The fourth-order valence-corrected chi connectivity index (χ4v) is 3.10. The van der Waals surface area contributed by atoms with Crippen LogP contribution in [0.2, 0.25) is 5.02 Å². The molecule has 1 aromatic heterocycles. The molecule has 1 aliphatic heterocycles. The number of thioether (sulfide) groups is 1. The molecule has 3 aromatic rings. The summed E-state index contributed by atoms with van der Waals surface area (Å²) in [5, 5.41) is 13.0. The quantitative estimate of drug-likeness (QED) is 0.659. The summed E-state index contributed by atoms with van der Waals surface area (Å²) in [6, 6.07) is 15.6. The van der Waals surface area contributed by atoms with Crippen molar-refractivity contribution in [1.82, 2.24) is 15.2 Å². The highest BCUT2D eigenvalue weighted by Crippen LogP contribution is 2.37. The lowest BCUT2D eigenvalue weighted by molar-refractivity contribution is 0.266. The van der Waals surface area contributed by atoms with Crippen molar-refractivity contribution >= 4 is 35.1 Å². The Balaban J connectivity index is 1.75. The first-order chi connectivity index (χ1) is 12.7. The summed E-state index contributed by atoms with van der Waals surface area (Å²) in [5.41, 5.74) is 3.34. The zero-order chi connectivity index (χ0) is 17.9. The average molecular weight is 383 g/mol. The molecule has 0 saturated carbocycles. The smallest absolute Gasteiger partial charge is 0.247 e. The Labute approximate surface area is 160 Å². The number of rotatable bonds is 3. The van der Waals surface area contributed by atoms with Gasteiger partial charge in [0.1, 0.15) is 0 Å². The molecular weight excluding hydrogens is 368 g/mol. The lowest BCUT2D eigenvalue weighted by Crippen LogP contribution is -2.23. The molecule has 26 heavy (non-hydrogen) atoms. The summed E-state index contributed by atoms with van der Waals surface area (Å²) in [7, 11) is 0. The Morgan fingerprint density at radius 1 is 1.15 bits per heavy atom. The van der Waals surface area contributed by atoms with Crippen molar-refractivity contribution < 1.29 is 4.74 Å². The lowest BCUT2D eigenvalue weighted by atomic mass is 10.1. The third-order valence-electron chi connectivity index (χ3n) is 3.85. The van der Waals surface area contributed by atoms with Crippen LogP contribution in [0.15, 0.2) is 59.8 Å². The number of halogens is 1. The second-order valence-corrected chi connectivity index (χ2v) is 6.80. The maximum atomic E-state index is 6.18. The topological polar surface area (TPSA) is 59.9 Å². The highest BCUT2D eigenvalue weighted by atomic mass is 35.5. The maximum absolute atomic E-state index is 6.18. The number of anilines is 1. The van der Waals surface area contributed by atoms with Crippen LogP contribution in [0.1, 0.15) is 5.56 Å². The van der Waals surface area contributed by atoms with Crippen LogP contribution in [0.25, 0.3) is 17.3 Å². The number of nitrogens with zero attached hydrogens (tertiary/aromatic N) is 3. The van der Waals surface area contributed by atoms with Gasteiger partial charge in [0.05, 0.1) is 0 Å². The van der Waals surface area contributed by atoms with Crippen LogP contribution in [0.5, 0.6) is 5.88 Å². The van der Waals surface area contributed by atoms with E-state index in [9.17, 15) is 0 Å². The molecule has 0 aliphatic carbocycles. The molecule has 1 unspecified atom stereocenters. The number of hydrogen-bond donors (Lipinski definition) is 1. The van der Waals surface area contributed by atoms with Gasteiger partial charge >= 0.3 is 0 Å². The highest BCUT2D eigenvalue weighted by molar-refractivity contribution is 7.98. The van der Waals surface area contributed by atoms with Crippen molar-refractivity contribution in [3.63, 3.8) is 0 Å². The Morgan fingerprint density at radius 2 is 2.00 bits per heavy atom. The minimum absolute atomic E-state index is 0.400. The molecule has 2 heterocycles. The third-order valence-corrected chi connectivity index (χ3v) is 4.63. The van der Waals surface area contributed by atoms with E-state index in [0.717, 1.165) is 16.8 Å². The molecule has 0 amide bonds. The summed E-state index contributed by atoms with van der Waals surface area (Å²) in [5.74, 6) is 0.431. The van der Waals surface area contributed by atoms with E-state index in [-0.39, 0.29) is 0 Å². The molecule has 4 rings (SSSR count). The van der Waals surface area contributed by atoms with Crippen molar-refractivity contribution in [2.24, 2.45) is 0 Å². The van der Waals surface area contributed by atoms with Gasteiger partial charge in [0.2, 0.25) is 11.0 Å². The second kappa shape index (κ2) is 7.35.